The number of carbonyl (C=O) groups is 2. The maximum Gasteiger partial charge on any atom is 0.322 e. The Hall–Kier alpha value is -2.05. The van der Waals surface area contributed by atoms with Crippen molar-refractivity contribution in [1.82, 2.24) is 4.90 Å². The van der Waals surface area contributed by atoms with Gasteiger partial charge in [-0.1, -0.05) is 17.7 Å². The Morgan fingerprint density at radius 1 is 1.24 bits per heavy atom. The van der Waals surface area contributed by atoms with E-state index in [1.807, 2.05) is 36.6 Å². The van der Waals surface area contributed by atoms with Crippen molar-refractivity contribution in [3.8, 4) is 0 Å². The number of benzene rings is 1. The van der Waals surface area contributed by atoms with E-state index < -0.39 is 0 Å². The molecule has 1 unspecified atom stereocenters. The maximum absolute atomic E-state index is 12.6. The van der Waals surface area contributed by atoms with Crippen LogP contribution in [0.2, 0.25) is 5.02 Å². The number of nitrogens with one attached hydrogen (secondary N) is 2. The van der Waals surface area contributed by atoms with E-state index >= 15 is 0 Å². The standard InChI is InChI=1S/C18H20ClN3O2S/c1-12-14(19)6-2-7-15(12)20-17(23)13-5-3-9-22(11-13)18(24)21-16-8-4-10-25-16/h2,4,6-8,10,13H,3,5,9,11H2,1H3,(H,20,23)(H,21,24). The molecule has 0 saturated carbocycles. The van der Waals surface area contributed by atoms with Crippen molar-refractivity contribution in [3.63, 3.8) is 0 Å². The van der Waals surface area contributed by atoms with E-state index in [-0.39, 0.29) is 17.9 Å². The summed E-state index contributed by atoms with van der Waals surface area (Å²) >= 11 is 7.58. The molecule has 1 fully saturated rings. The molecule has 0 spiro atoms. The molecule has 1 atom stereocenters. The van der Waals surface area contributed by atoms with E-state index in [1.54, 1.807) is 11.0 Å². The van der Waals surface area contributed by atoms with Crippen LogP contribution in [0.4, 0.5) is 15.5 Å². The summed E-state index contributed by atoms with van der Waals surface area (Å²) in [6.45, 7) is 2.96. The number of piperidine rings is 1. The number of nitrogens with zero attached hydrogens (tertiary/aromatic N) is 1. The molecule has 3 amide bonds. The maximum atomic E-state index is 12.6. The second-order valence-corrected chi connectivity index (χ2v) is 7.45. The van der Waals surface area contributed by atoms with Gasteiger partial charge in [-0.15, -0.1) is 11.3 Å². The first-order chi connectivity index (χ1) is 12.0. The third-order valence-electron chi connectivity index (χ3n) is 4.36. The van der Waals surface area contributed by atoms with Gasteiger partial charge in [-0.25, -0.2) is 4.79 Å². The molecule has 0 bridgehead atoms. The van der Waals surface area contributed by atoms with Crippen LogP contribution in [0.25, 0.3) is 0 Å². The number of carbonyl (C=O) groups excluding carboxylic acids is 2. The molecule has 2 heterocycles. The molecule has 1 aromatic carbocycles. The predicted molar refractivity (Wildman–Crippen MR) is 102 cm³/mol. The summed E-state index contributed by atoms with van der Waals surface area (Å²) in [7, 11) is 0. The first kappa shape index (κ1) is 17.8. The number of halogens is 1. The van der Waals surface area contributed by atoms with Crippen LogP contribution in [-0.4, -0.2) is 29.9 Å². The van der Waals surface area contributed by atoms with Crippen LogP contribution in [0, 0.1) is 12.8 Å². The third-order valence-corrected chi connectivity index (χ3v) is 5.55. The Balaban J connectivity index is 1.61. The highest BCUT2D eigenvalue weighted by atomic mass is 35.5. The van der Waals surface area contributed by atoms with E-state index in [0.717, 1.165) is 29.1 Å². The highest BCUT2D eigenvalue weighted by molar-refractivity contribution is 7.14. The topological polar surface area (TPSA) is 61.4 Å². The van der Waals surface area contributed by atoms with E-state index in [1.165, 1.54) is 11.3 Å². The first-order valence-electron chi connectivity index (χ1n) is 8.20. The van der Waals surface area contributed by atoms with Gasteiger partial charge < -0.3 is 10.2 Å². The number of rotatable bonds is 3. The molecule has 1 aliphatic heterocycles. The number of hydrogen-bond acceptors (Lipinski definition) is 3. The molecule has 1 aliphatic rings. The van der Waals surface area contributed by atoms with E-state index in [2.05, 4.69) is 10.6 Å². The average Bonchev–Trinajstić information content (AvgIpc) is 3.12. The molecule has 3 rings (SSSR count). The molecule has 0 aliphatic carbocycles. The monoisotopic (exact) mass is 377 g/mol. The SMILES string of the molecule is Cc1c(Cl)cccc1NC(=O)C1CCCN(C(=O)Nc2cccs2)C1. The average molecular weight is 378 g/mol. The Labute approximate surface area is 156 Å². The normalized spacial score (nSPS) is 17.2. The molecule has 132 valence electrons. The first-order valence-corrected chi connectivity index (χ1v) is 9.46. The van der Waals surface area contributed by atoms with Crippen molar-refractivity contribution < 1.29 is 9.59 Å². The van der Waals surface area contributed by atoms with Gasteiger partial charge in [-0.05, 0) is 55.0 Å². The van der Waals surface area contributed by atoms with Crippen molar-refractivity contribution in [2.45, 2.75) is 19.8 Å². The van der Waals surface area contributed by atoms with Gasteiger partial charge >= 0.3 is 6.03 Å². The van der Waals surface area contributed by atoms with Crippen LogP contribution in [0.1, 0.15) is 18.4 Å². The molecule has 5 nitrogen and oxygen atoms in total. The minimum Gasteiger partial charge on any atom is -0.325 e. The molecule has 2 aromatic rings. The highest BCUT2D eigenvalue weighted by Crippen LogP contribution is 2.25. The Bertz CT molecular complexity index is 764. The molecule has 1 saturated heterocycles. The number of urea groups is 1. The second-order valence-electron chi connectivity index (χ2n) is 6.09. The zero-order chi connectivity index (χ0) is 17.8. The number of likely N-dealkylation sites (tertiary alicyclic amines) is 1. The highest BCUT2D eigenvalue weighted by Gasteiger charge is 2.28. The van der Waals surface area contributed by atoms with E-state index in [0.29, 0.717) is 18.1 Å². The van der Waals surface area contributed by atoms with Gasteiger partial charge in [0, 0.05) is 23.8 Å². The lowest BCUT2D eigenvalue weighted by atomic mass is 9.97. The van der Waals surface area contributed by atoms with Gasteiger partial charge in [0.25, 0.3) is 0 Å². The molecule has 25 heavy (non-hydrogen) atoms. The molecule has 7 heteroatoms. The summed E-state index contributed by atoms with van der Waals surface area (Å²) in [6.07, 6.45) is 1.58. The fourth-order valence-corrected chi connectivity index (χ4v) is 3.67. The van der Waals surface area contributed by atoms with Crippen molar-refractivity contribution in [3.05, 3.63) is 46.3 Å². The van der Waals surface area contributed by atoms with Gasteiger partial charge in [0.1, 0.15) is 0 Å². The minimum atomic E-state index is -0.221. The molecular formula is C18H20ClN3O2S. The van der Waals surface area contributed by atoms with E-state index in [9.17, 15) is 9.59 Å². The molecule has 1 aromatic heterocycles. The van der Waals surface area contributed by atoms with Crippen LogP contribution in [0.5, 0.6) is 0 Å². The summed E-state index contributed by atoms with van der Waals surface area (Å²) in [4.78, 5) is 26.7. The second kappa shape index (κ2) is 7.89. The zero-order valence-electron chi connectivity index (χ0n) is 13.9. The minimum absolute atomic E-state index is 0.0704. The summed E-state index contributed by atoms with van der Waals surface area (Å²) in [5.74, 6) is -0.291. The molecule has 2 N–H and O–H groups in total. The van der Waals surface area contributed by atoms with Crippen LogP contribution in [0.3, 0.4) is 0 Å². The predicted octanol–water partition coefficient (Wildman–Crippen LogP) is 4.59. The molecular weight excluding hydrogens is 358 g/mol. The third kappa shape index (κ3) is 4.32. The lowest BCUT2D eigenvalue weighted by molar-refractivity contribution is -0.121. The van der Waals surface area contributed by atoms with Crippen molar-refractivity contribution in [2.75, 3.05) is 23.7 Å². The Kier molecular flexibility index (Phi) is 5.60. The summed E-state index contributed by atoms with van der Waals surface area (Å²) < 4.78 is 0. The smallest absolute Gasteiger partial charge is 0.322 e. The van der Waals surface area contributed by atoms with Crippen LogP contribution in [0.15, 0.2) is 35.7 Å². The number of thiophene rings is 1. The largest absolute Gasteiger partial charge is 0.325 e. The van der Waals surface area contributed by atoms with Gasteiger partial charge in [0.05, 0.1) is 10.9 Å². The van der Waals surface area contributed by atoms with Crippen LogP contribution >= 0.6 is 22.9 Å². The lowest BCUT2D eigenvalue weighted by Crippen LogP contribution is -2.45. The fourth-order valence-electron chi connectivity index (χ4n) is 2.89. The zero-order valence-corrected chi connectivity index (χ0v) is 15.5. The van der Waals surface area contributed by atoms with Gasteiger partial charge in [-0.3, -0.25) is 10.1 Å². The van der Waals surface area contributed by atoms with Crippen molar-refractivity contribution >= 4 is 45.6 Å². The Morgan fingerprint density at radius 3 is 2.84 bits per heavy atom. The lowest BCUT2D eigenvalue weighted by Gasteiger charge is -2.32. The fraction of sp³-hybridized carbons (Fsp3) is 0.333. The summed E-state index contributed by atoms with van der Waals surface area (Å²) in [5.41, 5.74) is 1.57. The van der Waals surface area contributed by atoms with Gasteiger partial charge in [0.2, 0.25) is 5.91 Å². The van der Waals surface area contributed by atoms with Crippen molar-refractivity contribution in [2.24, 2.45) is 5.92 Å². The van der Waals surface area contributed by atoms with Gasteiger partial charge in [-0.2, -0.15) is 0 Å². The van der Waals surface area contributed by atoms with Crippen LogP contribution < -0.4 is 10.6 Å². The number of hydrogen-bond donors (Lipinski definition) is 2. The Morgan fingerprint density at radius 2 is 2.08 bits per heavy atom. The number of amides is 3. The number of anilines is 2. The summed E-state index contributed by atoms with van der Waals surface area (Å²) in [5, 5.41) is 9.17. The summed E-state index contributed by atoms with van der Waals surface area (Å²) in [6, 6.07) is 9.04. The van der Waals surface area contributed by atoms with E-state index in [4.69, 9.17) is 11.6 Å². The van der Waals surface area contributed by atoms with Crippen molar-refractivity contribution in [1.29, 1.82) is 0 Å². The van der Waals surface area contributed by atoms with Crippen LogP contribution in [-0.2, 0) is 4.79 Å². The quantitative estimate of drug-likeness (QED) is 0.821. The molecule has 0 radical (unpaired) electrons. The van der Waals surface area contributed by atoms with Gasteiger partial charge in [0.15, 0.2) is 0 Å².